The zero-order valence-corrected chi connectivity index (χ0v) is 15.1. The fourth-order valence-corrected chi connectivity index (χ4v) is 3.56. The van der Waals surface area contributed by atoms with Gasteiger partial charge >= 0.3 is 5.69 Å². The highest BCUT2D eigenvalue weighted by molar-refractivity contribution is 5.50. The summed E-state index contributed by atoms with van der Waals surface area (Å²) in [4.78, 5) is 15.9. The molecule has 2 heterocycles. The average Bonchev–Trinajstić information content (AvgIpc) is 3.28. The number of hydrogen-bond donors (Lipinski definition) is 1. The van der Waals surface area contributed by atoms with Crippen LogP contribution in [-0.2, 0) is 0 Å². The van der Waals surface area contributed by atoms with Crippen molar-refractivity contribution in [3.63, 3.8) is 0 Å². The van der Waals surface area contributed by atoms with Crippen molar-refractivity contribution in [3.8, 4) is 0 Å². The van der Waals surface area contributed by atoms with E-state index < -0.39 is 0 Å². The summed E-state index contributed by atoms with van der Waals surface area (Å²) in [5, 5.41) is 7.44. The number of rotatable bonds is 3. The van der Waals surface area contributed by atoms with Crippen LogP contribution in [0.25, 0.3) is 6.08 Å². The Morgan fingerprint density at radius 3 is 2.11 bits per heavy atom. The fraction of sp³-hybridized carbons (Fsp3) is 0.0435. The molecular weight excluding hydrogens is 348 g/mol. The summed E-state index contributed by atoms with van der Waals surface area (Å²) in [6, 6.07) is 29.8. The van der Waals surface area contributed by atoms with Crippen LogP contribution in [0.1, 0.15) is 17.3 Å². The lowest BCUT2D eigenvalue weighted by atomic mass is 10.1. The highest BCUT2D eigenvalue weighted by atomic mass is 16.1. The maximum Gasteiger partial charge on any atom is 0.329 e. The molecule has 0 spiro atoms. The summed E-state index contributed by atoms with van der Waals surface area (Å²) >= 11 is 0. The van der Waals surface area contributed by atoms with Gasteiger partial charge in [0.15, 0.2) is 11.7 Å². The number of nitrogens with zero attached hydrogens (tertiary/aromatic N) is 3. The fourth-order valence-electron chi connectivity index (χ4n) is 3.56. The lowest BCUT2D eigenvalue weighted by Gasteiger charge is -2.24. The van der Waals surface area contributed by atoms with Crippen LogP contribution < -0.4 is 21.5 Å². The molecule has 5 nitrogen and oxygen atoms in total. The molecule has 5 rings (SSSR count). The minimum atomic E-state index is -0.333. The highest BCUT2D eigenvalue weighted by Gasteiger charge is 2.31. The zero-order chi connectivity index (χ0) is 18.9. The lowest BCUT2D eigenvalue weighted by Crippen LogP contribution is -2.33. The Morgan fingerprint density at radius 2 is 1.43 bits per heavy atom. The summed E-state index contributed by atoms with van der Waals surface area (Å²) in [6.07, 6.45) is 1.62. The first kappa shape index (κ1) is 16.3. The average molecular weight is 366 g/mol. The van der Waals surface area contributed by atoms with E-state index in [0.29, 0.717) is 10.8 Å². The third-order valence-corrected chi connectivity index (χ3v) is 4.84. The first-order valence-corrected chi connectivity index (χ1v) is 9.16. The number of imidazole rings is 1. The quantitative estimate of drug-likeness (QED) is 0.606. The van der Waals surface area contributed by atoms with Gasteiger partial charge in [-0.2, -0.15) is 0 Å². The summed E-state index contributed by atoms with van der Waals surface area (Å²) in [6.45, 7) is 0. The first-order valence-electron chi connectivity index (χ1n) is 9.16. The van der Waals surface area contributed by atoms with Gasteiger partial charge in [0.1, 0.15) is 0 Å². The van der Waals surface area contributed by atoms with E-state index in [1.54, 1.807) is 4.57 Å². The smallest absolute Gasteiger partial charge is 0.304 e. The molecule has 0 fully saturated rings. The van der Waals surface area contributed by atoms with E-state index in [1.807, 2.05) is 102 Å². The van der Waals surface area contributed by atoms with Crippen LogP contribution in [0.5, 0.6) is 0 Å². The molecule has 0 bridgehead atoms. The van der Waals surface area contributed by atoms with Gasteiger partial charge < -0.3 is 4.98 Å². The number of para-hydroxylation sites is 1. The van der Waals surface area contributed by atoms with Crippen molar-refractivity contribution in [2.24, 2.45) is 5.10 Å². The number of hydrogen-bond acceptors (Lipinski definition) is 3. The largest absolute Gasteiger partial charge is 0.329 e. The van der Waals surface area contributed by atoms with Gasteiger partial charge in [-0.3, -0.25) is 0 Å². The van der Waals surface area contributed by atoms with Crippen LogP contribution in [0.4, 0.5) is 5.69 Å². The van der Waals surface area contributed by atoms with Crippen LogP contribution in [0.15, 0.2) is 101 Å². The van der Waals surface area contributed by atoms with Gasteiger partial charge in [-0.05, 0) is 29.3 Å². The summed E-state index contributed by atoms with van der Waals surface area (Å²) in [5.41, 5.74) is 3.41. The summed E-state index contributed by atoms with van der Waals surface area (Å²) in [7, 11) is 0. The van der Waals surface area contributed by atoms with E-state index in [2.05, 4.69) is 4.98 Å². The summed E-state index contributed by atoms with van der Waals surface area (Å²) in [5.74, 6) is 0. The Bertz CT molecular complexity index is 1280. The molecular formula is C23H18N4O. The standard InChI is InChI=1S/C23H18N4O/c28-23-24-20(16-17-10-4-1-5-11-17)21-25-27(19-14-8-3-9-15-19)22(26(21)23)18-12-6-2-7-13-18/h1-16,22H,(H,24,28). The van der Waals surface area contributed by atoms with E-state index in [0.717, 1.165) is 16.8 Å². The maximum atomic E-state index is 12.9. The molecule has 1 N–H and O–H groups in total. The van der Waals surface area contributed by atoms with Crippen molar-refractivity contribution in [2.45, 2.75) is 6.17 Å². The number of H-pyrrole nitrogens is 1. The second kappa shape index (κ2) is 6.70. The molecule has 1 atom stereocenters. The van der Waals surface area contributed by atoms with Crippen LogP contribution in [0.3, 0.4) is 0 Å². The maximum absolute atomic E-state index is 12.9. The molecule has 0 aliphatic carbocycles. The van der Waals surface area contributed by atoms with Gasteiger partial charge in [0.05, 0.1) is 11.0 Å². The molecule has 5 heteroatoms. The van der Waals surface area contributed by atoms with E-state index in [9.17, 15) is 4.79 Å². The van der Waals surface area contributed by atoms with E-state index in [4.69, 9.17) is 5.10 Å². The zero-order valence-electron chi connectivity index (χ0n) is 15.1. The molecule has 1 unspecified atom stereocenters. The van der Waals surface area contributed by atoms with Crippen LogP contribution in [-0.4, -0.2) is 9.55 Å². The van der Waals surface area contributed by atoms with E-state index in [-0.39, 0.29) is 11.9 Å². The number of fused-ring (bicyclic) bond motifs is 1. The lowest BCUT2D eigenvalue weighted by molar-refractivity contribution is 0.578. The van der Waals surface area contributed by atoms with Gasteiger partial charge in [0.2, 0.25) is 0 Å². The molecule has 0 radical (unpaired) electrons. The Morgan fingerprint density at radius 1 is 0.821 bits per heavy atom. The Labute approximate surface area is 161 Å². The Balaban J connectivity index is 1.75. The number of aromatic amines is 1. The van der Waals surface area contributed by atoms with E-state index in [1.165, 1.54) is 0 Å². The normalized spacial score (nSPS) is 16.1. The first-order chi connectivity index (χ1) is 13.8. The second-order valence-corrected chi connectivity index (χ2v) is 6.66. The monoisotopic (exact) mass is 366 g/mol. The molecule has 4 aromatic rings. The molecule has 0 saturated heterocycles. The third kappa shape index (κ3) is 2.74. The molecule has 1 aliphatic rings. The number of aromatic nitrogens is 2. The van der Waals surface area contributed by atoms with E-state index >= 15 is 0 Å². The van der Waals surface area contributed by atoms with Crippen LogP contribution in [0.2, 0.25) is 0 Å². The number of anilines is 1. The predicted octanol–water partition coefficient (Wildman–Crippen LogP) is 2.61. The number of nitrogens with one attached hydrogen (secondary N) is 1. The molecule has 136 valence electrons. The molecule has 0 saturated carbocycles. The molecule has 1 aliphatic heterocycles. The topological polar surface area (TPSA) is 53.4 Å². The third-order valence-electron chi connectivity index (χ3n) is 4.84. The van der Waals surface area contributed by atoms with Gasteiger partial charge in [0.25, 0.3) is 0 Å². The molecule has 1 aromatic heterocycles. The van der Waals surface area contributed by atoms with Crippen molar-refractivity contribution >= 4 is 11.8 Å². The molecule has 0 amide bonds. The van der Waals surface area contributed by atoms with Gasteiger partial charge in [0, 0.05) is 0 Å². The Kier molecular flexibility index (Phi) is 3.91. The van der Waals surface area contributed by atoms with Gasteiger partial charge in [-0.25, -0.2) is 14.4 Å². The van der Waals surface area contributed by atoms with Gasteiger partial charge in [-0.1, -0.05) is 78.9 Å². The van der Waals surface area contributed by atoms with Gasteiger partial charge in [-0.15, -0.1) is 5.10 Å². The second-order valence-electron chi connectivity index (χ2n) is 6.66. The van der Waals surface area contributed by atoms with Crippen molar-refractivity contribution in [1.29, 1.82) is 0 Å². The van der Waals surface area contributed by atoms with Crippen molar-refractivity contribution in [1.82, 2.24) is 9.55 Å². The Hall–Kier alpha value is -3.86. The van der Waals surface area contributed by atoms with Crippen LogP contribution in [0, 0.1) is 0 Å². The minimum absolute atomic E-state index is 0.173. The predicted molar refractivity (Wildman–Crippen MR) is 109 cm³/mol. The van der Waals surface area contributed by atoms with Crippen molar-refractivity contribution < 1.29 is 0 Å². The van der Waals surface area contributed by atoms with Crippen molar-refractivity contribution in [2.75, 3.05) is 5.01 Å². The molecule has 28 heavy (non-hydrogen) atoms. The molecule has 3 aromatic carbocycles. The number of benzene rings is 3. The summed E-state index contributed by atoms with van der Waals surface area (Å²) < 4.78 is 1.72. The highest BCUT2D eigenvalue weighted by Crippen LogP contribution is 2.29. The van der Waals surface area contributed by atoms with Crippen molar-refractivity contribution in [3.05, 3.63) is 123 Å². The van der Waals surface area contributed by atoms with Crippen LogP contribution >= 0.6 is 0 Å². The minimum Gasteiger partial charge on any atom is -0.304 e. The SMILES string of the molecule is O=c1[nH]c(=Cc2ccccc2)c2n1C(c1ccccc1)N(c1ccccc1)N=2.